The summed E-state index contributed by atoms with van der Waals surface area (Å²) in [5, 5.41) is 12.4. The number of amides is 1. The highest BCUT2D eigenvalue weighted by molar-refractivity contribution is 7.99. The highest BCUT2D eigenvalue weighted by atomic mass is 32.2. The van der Waals surface area contributed by atoms with Gasteiger partial charge < -0.3 is 9.64 Å². The standard InChI is InChI=1S/C14H17N5O2S/c1-11-4-2-3-5-12(11)19-14(15-16-17-19)22-10-13(20)18-6-8-21-9-7-18/h2-5H,6-10H2,1H3. The Hall–Kier alpha value is -1.93. The number of hydrogen-bond acceptors (Lipinski definition) is 6. The summed E-state index contributed by atoms with van der Waals surface area (Å²) in [4.78, 5) is 14.0. The lowest BCUT2D eigenvalue weighted by molar-refractivity contribution is -0.132. The molecular weight excluding hydrogens is 302 g/mol. The number of aromatic nitrogens is 4. The van der Waals surface area contributed by atoms with Gasteiger partial charge in [-0.3, -0.25) is 4.79 Å². The van der Waals surface area contributed by atoms with Crippen LogP contribution in [0.15, 0.2) is 29.4 Å². The maximum atomic E-state index is 12.2. The number of tetrazole rings is 1. The normalized spacial score (nSPS) is 15.0. The van der Waals surface area contributed by atoms with E-state index in [0.717, 1.165) is 11.3 Å². The molecule has 116 valence electrons. The van der Waals surface area contributed by atoms with Crippen LogP contribution in [-0.2, 0) is 9.53 Å². The number of thioether (sulfide) groups is 1. The smallest absolute Gasteiger partial charge is 0.233 e. The zero-order valence-electron chi connectivity index (χ0n) is 12.3. The topological polar surface area (TPSA) is 73.1 Å². The molecule has 1 aromatic heterocycles. The molecule has 0 radical (unpaired) electrons. The molecule has 0 spiro atoms. The number of benzene rings is 1. The van der Waals surface area contributed by atoms with E-state index in [1.165, 1.54) is 11.8 Å². The van der Waals surface area contributed by atoms with E-state index in [2.05, 4.69) is 15.5 Å². The zero-order valence-corrected chi connectivity index (χ0v) is 13.1. The van der Waals surface area contributed by atoms with Gasteiger partial charge in [0, 0.05) is 13.1 Å². The van der Waals surface area contributed by atoms with Gasteiger partial charge >= 0.3 is 0 Å². The minimum Gasteiger partial charge on any atom is -0.378 e. The first kappa shape index (κ1) is 15.0. The quantitative estimate of drug-likeness (QED) is 0.780. The zero-order chi connectivity index (χ0) is 15.4. The number of carbonyl (C=O) groups excluding carboxylic acids is 1. The van der Waals surface area contributed by atoms with Crippen molar-refractivity contribution in [3.05, 3.63) is 29.8 Å². The molecule has 2 heterocycles. The highest BCUT2D eigenvalue weighted by Gasteiger charge is 2.19. The summed E-state index contributed by atoms with van der Waals surface area (Å²) < 4.78 is 6.93. The van der Waals surface area contributed by atoms with Crippen LogP contribution in [0.5, 0.6) is 0 Å². The summed E-state index contributed by atoms with van der Waals surface area (Å²) in [6.45, 7) is 4.53. The third-order valence-electron chi connectivity index (χ3n) is 3.47. The fourth-order valence-electron chi connectivity index (χ4n) is 2.25. The van der Waals surface area contributed by atoms with E-state index in [9.17, 15) is 4.79 Å². The van der Waals surface area contributed by atoms with Gasteiger partial charge in [0.15, 0.2) is 0 Å². The van der Waals surface area contributed by atoms with Crippen molar-refractivity contribution < 1.29 is 9.53 Å². The highest BCUT2D eigenvalue weighted by Crippen LogP contribution is 2.20. The third kappa shape index (κ3) is 3.28. The van der Waals surface area contributed by atoms with Crippen LogP contribution < -0.4 is 0 Å². The van der Waals surface area contributed by atoms with Crippen molar-refractivity contribution in [3.8, 4) is 5.69 Å². The summed E-state index contributed by atoms with van der Waals surface area (Å²) in [5.41, 5.74) is 2.00. The molecule has 1 aliphatic heterocycles. The Morgan fingerprint density at radius 1 is 1.32 bits per heavy atom. The molecular formula is C14H17N5O2S. The minimum atomic E-state index is 0.0904. The van der Waals surface area contributed by atoms with E-state index in [1.54, 1.807) is 4.68 Å². The molecule has 0 bridgehead atoms. The molecule has 7 nitrogen and oxygen atoms in total. The summed E-state index contributed by atoms with van der Waals surface area (Å²) >= 11 is 1.35. The van der Waals surface area contributed by atoms with Gasteiger partial charge in [0.05, 0.1) is 24.7 Å². The first-order valence-corrected chi connectivity index (χ1v) is 8.07. The fraction of sp³-hybridized carbons (Fsp3) is 0.429. The molecule has 0 saturated carbocycles. The number of hydrogen-bond donors (Lipinski definition) is 0. The molecule has 1 amide bonds. The Morgan fingerprint density at radius 2 is 2.09 bits per heavy atom. The first-order chi connectivity index (χ1) is 10.8. The molecule has 0 aliphatic carbocycles. The van der Waals surface area contributed by atoms with E-state index in [0.29, 0.717) is 37.2 Å². The molecule has 1 fully saturated rings. The van der Waals surface area contributed by atoms with Crippen LogP contribution in [0.4, 0.5) is 0 Å². The molecule has 22 heavy (non-hydrogen) atoms. The monoisotopic (exact) mass is 319 g/mol. The van der Waals surface area contributed by atoms with Crippen LogP contribution in [0.3, 0.4) is 0 Å². The Morgan fingerprint density at radius 3 is 2.86 bits per heavy atom. The van der Waals surface area contributed by atoms with Crippen molar-refractivity contribution in [2.75, 3.05) is 32.1 Å². The number of aryl methyl sites for hydroxylation is 1. The lowest BCUT2D eigenvalue weighted by atomic mass is 10.2. The molecule has 2 aromatic rings. The molecule has 1 saturated heterocycles. The Labute approximate surface area is 132 Å². The second kappa shape index (κ2) is 6.89. The van der Waals surface area contributed by atoms with Crippen LogP contribution in [0.2, 0.25) is 0 Å². The summed E-state index contributed by atoms with van der Waals surface area (Å²) in [6, 6.07) is 7.87. The predicted molar refractivity (Wildman–Crippen MR) is 82.0 cm³/mol. The van der Waals surface area contributed by atoms with Crippen molar-refractivity contribution in [2.24, 2.45) is 0 Å². The van der Waals surface area contributed by atoms with Gasteiger partial charge in [0.2, 0.25) is 11.1 Å². The molecule has 1 aromatic carbocycles. The number of carbonyl (C=O) groups is 1. The second-order valence-electron chi connectivity index (χ2n) is 4.94. The number of morpholine rings is 1. The fourth-order valence-corrected chi connectivity index (χ4v) is 3.04. The van der Waals surface area contributed by atoms with Gasteiger partial charge in [-0.2, -0.15) is 4.68 Å². The van der Waals surface area contributed by atoms with Crippen LogP contribution in [0.25, 0.3) is 5.69 Å². The van der Waals surface area contributed by atoms with Crippen molar-refractivity contribution in [1.29, 1.82) is 0 Å². The second-order valence-corrected chi connectivity index (χ2v) is 5.88. The molecule has 0 atom stereocenters. The minimum absolute atomic E-state index is 0.0904. The van der Waals surface area contributed by atoms with Crippen LogP contribution in [0.1, 0.15) is 5.56 Å². The van der Waals surface area contributed by atoms with Gasteiger partial charge in [0.25, 0.3) is 0 Å². The van der Waals surface area contributed by atoms with E-state index < -0.39 is 0 Å². The lowest BCUT2D eigenvalue weighted by Crippen LogP contribution is -2.41. The van der Waals surface area contributed by atoms with Gasteiger partial charge in [-0.05, 0) is 29.0 Å². The van der Waals surface area contributed by atoms with Gasteiger partial charge in [-0.25, -0.2) is 0 Å². The molecule has 8 heteroatoms. The molecule has 1 aliphatic rings. The SMILES string of the molecule is Cc1ccccc1-n1nnnc1SCC(=O)N1CCOCC1. The van der Waals surface area contributed by atoms with Crippen molar-refractivity contribution >= 4 is 17.7 Å². The molecule has 0 unspecified atom stereocenters. The average molecular weight is 319 g/mol. The number of rotatable bonds is 4. The van der Waals surface area contributed by atoms with E-state index in [4.69, 9.17) is 4.74 Å². The Balaban J connectivity index is 1.68. The largest absolute Gasteiger partial charge is 0.378 e. The number of nitrogens with zero attached hydrogens (tertiary/aromatic N) is 5. The van der Waals surface area contributed by atoms with E-state index in [1.807, 2.05) is 36.1 Å². The Bertz CT molecular complexity index is 654. The summed E-state index contributed by atoms with van der Waals surface area (Å²) in [5.74, 6) is 0.416. The van der Waals surface area contributed by atoms with Crippen LogP contribution in [0, 0.1) is 6.92 Å². The summed E-state index contributed by atoms with van der Waals surface area (Å²) in [6.07, 6.45) is 0. The van der Waals surface area contributed by atoms with Gasteiger partial charge in [-0.15, -0.1) is 5.10 Å². The average Bonchev–Trinajstić information content (AvgIpc) is 3.02. The van der Waals surface area contributed by atoms with Gasteiger partial charge in [0.1, 0.15) is 0 Å². The maximum Gasteiger partial charge on any atom is 0.233 e. The van der Waals surface area contributed by atoms with Crippen molar-refractivity contribution in [3.63, 3.8) is 0 Å². The summed E-state index contributed by atoms with van der Waals surface area (Å²) in [7, 11) is 0. The molecule has 3 rings (SSSR count). The van der Waals surface area contributed by atoms with Crippen molar-refractivity contribution in [1.82, 2.24) is 25.1 Å². The van der Waals surface area contributed by atoms with Crippen molar-refractivity contribution in [2.45, 2.75) is 12.1 Å². The number of para-hydroxylation sites is 1. The lowest BCUT2D eigenvalue weighted by Gasteiger charge is -2.26. The third-order valence-corrected chi connectivity index (χ3v) is 4.38. The number of ether oxygens (including phenoxy) is 1. The maximum absolute atomic E-state index is 12.2. The first-order valence-electron chi connectivity index (χ1n) is 7.08. The van der Waals surface area contributed by atoms with E-state index >= 15 is 0 Å². The van der Waals surface area contributed by atoms with E-state index in [-0.39, 0.29) is 5.91 Å². The Kier molecular flexibility index (Phi) is 4.69. The molecule has 0 N–H and O–H groups in total. The van der Waals surface area contributed by atoms with Crippen LogP contribution in [-0.4, -0.2) is 63.1 Å². The van der Waals surface area contributed by atoms with Gasteiger partial charge in [-0.1, -0.05) is 30.0 Å². The van der Waals surface area contributed by atoms with Crippen LogP contribution >= 0.6 is 11.8 Å². The predicted octanol–water partition coefficient (Wildman–Crippen LogP) is 0.922.